The topological polar surface area (TPSA) is 38.0 Å². The highest BCUT2D eigenvalue weighted by atomic mass is 35.5. The van der Waals surface area contributed by atoms with Gasteiger partial charge in [0.2, 0.25) is 0 Å². The highest BCUT2D eigenvalue weighted by molar-refractivity contribution is 6.31. The number of nitrogens with zero attached hydrogens (tertiary/aromatic N) is 2. The smallest absolute Gasteiger partial charge is 0.0849 e. The Morgan fingerprint density at radius 1 is 1.53 bits per heavy atom. The predicted molar refractivity (Wildman–Crippen MR) is 69.2 cm³/mol. The average molecular weight is 257 g/mol. The van der Waals surface area contributed by atoms with Crippen molar-refractivity contribution in [3.8, 4) is 0 Å². The molecular formula is C13H21ClN2O. The molecule has 0 radical (unpaired) electrons. The lowest BCUT2D eigenvalue weighted by Gasteiger charge is -2.27. The van der Waals surface area contributed by atoms with Crippen LogP contribution in [-0.2, 0) is 19.9 Å². The van der Waals surface area contributed by atoms with E-state index in [2.05, 4.69) is 18.9 Å². The van der Waals surface area contributed by atoms with Crippen molar-refractivity contribution in [2.24, 2.45) is 18.4 Å². The van der Waals surface area contributed by atoms with Gasteiger partial charge in [0, 0.05) is 13.7 Å². The van der Waals surface area contributed by atoms with Crippen molar-refractivity contribution in [2.75, 3.05) is 6.61 Å². The lowest BCUT2D eigenvalue weighted by Crippen LogP contribution is -2.28. The summed E-state index contributed by atoms with van der Waals surface area (Å²) < 4.78 is 1.87. The zero-order valence-electron chi connectivity index (χ0n) is 10.8. The van der Waals surface area contributed by atoms with Gasteiger partial charge in [0.25, 0.3) is 0 Å². The molecule has 1 aliphatic rings. The van der Waals surface area contributed by atoms with Gasteiger partial charge in [0.15, 0.2) is 0 Å². The van der Waals surface area contributed by atoms with Crippen LogP contribution in [0.25, 0.3) is 0 Å². The van der Waals surface area contributed by atoms with Gasteiger partial charge < -0.3 is 5.11 Å². The standard InChI is InChI=1S/C13H21ClN2O/c1-4-10-12(14)11(16(3)15-10)7-13(2,8-17)9-5-6-9/h9,17H,4-8H2,1-3H3. The first-order valence-corrected chi connectivity index (χ1v) is 6.70. The molecule has 1 atom stereocenters. The van der Waals surface area contributed by atoms with Gasteiger partial charge in [0.05, 0.1) is 16.4 Å². The summed E-state index contributed by atoms with van der Waals surface area (Å²) >= 11 is 6.35. The van der Waals surface area contributed by atoms with E-state index in [1.54, 1.807) is 0 Å². The zero-order chi connectivity index (χ0) is 12.6. The van der Waals surface area contributed by atoms with Gasteiger partial charge in [-0.25, -0.2) is 0 Å². The number of hydrogen-bond acceptors (Lipinski definition) is 2. The number of aliphatic hydroxyl groups is 1. The largest absolute Gasteiger partial charge is 0.396 e. The molecule has 0 aliphatic heterocycles. The van der Waals surface area contributed by atoms with Crippen molar-refractivity contribution < 1.29 is 5.11 Å². The van der Waals surface area contributed by atoms with E-state index in [-0.39, 0.29) is 12.0 Å². The van der Waals surface area contributed by atoms with Gasteiger partial charge in [-0.15, -0.1) is 0 Å². The minimum Gasteiger partial charge on any atom is -0.396 e. The summed E-state index contributed by atoms with van der Waals surface area (Å²) in [5.41, 5.74) is 1.98. The van der Waals surface area contributed by atoms with Gasteiger partial charge >= 0.3 is 0 Å². The normalized spacial score (nSPS) is 19.4. The summed E-state index contributed by atoms with van der Waals surface area (Å²) in [5, 5.41) is 14.8. The highest BCUT2D eigenvalue weighted by Crippen LogP contribution is 2.47. The molecule has 1 saturated carbocycles. The van der Waals surface area contributed by atoms with Crippen LogP contribution < -0.4 is 0 Å². The lowest BCUT2D eigenvalue weighted by atomic mass is 9.81. The molecule has 0 saturated heterocycles. The number of halogens is 1. The van der Waals surface area contributed by atoms with Crippen LogP contribution in [0, 0.1) is 11.3 Å². The maximum atomic E-state index is 9.63. The molecule has 17 heavy (non-hydrogen) atoms. The van der Waals surface area contributed by atoms with E-state index in [1.165, 1.54) is 12.8 Å². The van der Waals surface area contributed by atoms with Gasteiger partial charge in [-0.2, -0.15) is 5.10 Å². The number of aryl methyl sites for hydroxylation is 2. The fourth-order valence-electron chi connectivity index (χ4n) is 2.50. The molecule has 96 valence electrons. The van der Waals surface area contributed by atoms with Gasteiger partial charge in [-0.3, -0.25) is 4.68 Å². The Morgan fingerprint density at radius 3 is 2.59 bits per heavy atom. The third-order valence-corrected chi connectivity index (χ3v) is 4.43. The number of hydrogen-bond donors (Lipinski definition) is 1. The van der Waals surface area contributed by atoms with E-state index in [0.29, 0.717) is 5.92 Å². The Balaban J connectivity index is 2.25. The lowest BCUT2D eigenvalue weighted by molar-refractivity contribution is 0.117. The quantitative estimate of drug-likeness (QED) is 0.879. The summed E-state index contributed by atoms with van der Waals surface area (Å²) in [6, 6.07) is 0. The number of rotatable bonds is 5. The van der Waals surface area contributed by atoms with Crippen molar-refractivity contribution in [3.05, 3.63) is 16.4 Å². The zero-order valence-corrected chi connectivity index (χ0v) is 11.6. The van der Waals surface area contributed by atoms with Crippen molar-refractivity contribution in [1.82, 2.24) is 9.78 Å². The first-order chi connectivity index (χ1) is 8.01. The van der Waals surface area contributed by atoms with Crippen molar-refractivity contribution in [2.45, 2.75) is 39.5 Å². The van der Waals surface area contributed by atoms with Gasteiger partial charge in [-0.1, -0.05) is 25.4 Å². The summed E-state index contributed by atoms with van der Waals surface area (Å²) in [6.45, 7) is 4.43. The minimum atomic E-state index is -0.0392. The third kappa shape index (κ3) is 2.36. The average Bonchev–Trinajstić information content (AvgIpc) is 3.12. The van der Waals surface area contributed by atoms with E-state index < -0.39 is 0 Å². The first kappa shape index (κ1) is 12.9. The summed E-state index contributed by atoms with van der Waals surface area (Å²) in [7, 11) is 1.94. The molecule has 1 fully saturated rings. The van der Waals surface area contributed by atoms with Crippen molar-refractivity contribution in [3.63, 3.8) is 0 Å². The van der Waals surface area contributed by atoms with E-state index in [9.17, 15) is 5.11 Å². The van der Waals surface area contributed by atoms with Crippen LogP contribution >= 0.6 is 11.6 Å². The maximum absolute atomic E-state index is 9.63. The fraction of sp³-hybridized carbons (Fsp3) is 0.769. The van der Waals surface area contributed by atoms with E-state index in [4.69, 9.17) is 11.6 Å². The number of aromatic nitrogens is 2. The van der Waals surface area contributed by atoms with Crippen LogP contribution in [0.4, 0.5) is 0 Å². The molecule has 0 spiro atoms. The second-order valence-corrected chi connectivity index (χ2v) is 5.83. The second-order valence-electron chi connectivity index (χ2n) is 5.45. The molecule has 2 rings (SSSR count). The predicted octanol–water partition coefficient (Wildman–Crippen LogP) is 2.59. The molecule has 1 aromatic rings. The molecular weight excluding hydrogens is 236 g/mol. The minimum absolute atomic E-state index is 0.0392. The Morgan fingerprint density at radius 2 is 2.18 bits per heavy atom. The van der Waals surface area contributed by atoms with Crippen molar-refractivity contribution in [1.29, 1.82) is 0 Å². The van der Waals surface area contributed by atoms with E-state index in [1.807, 2.05) is 11.7 Å². The molecule has 3 nitrogen and oxygen atoms in total. The molecule has 1 aliphatic carbocycles. The monoisotopic (exact) mass is 256 g/mol. The SMILES string of the molecule is CCc1nn(C)c(CC(C)(CO)C2CC2)c1Cl. The molecule has 0 bridgehead atoms. The van der Waals surface area contributed by atoms with Crippen LogP contribution in [0.1, 0.15) is 38.1 Å². The Labute approximate surface area is 108 Å². The fourth-order valence-corrected chi connectivity index (χ4v) is 2.86. The van der Waals surface area contributed by atoms with Gasteiger partial charge in [0.1, 0.15) is 0 Å². The Hall–Kier alpha value is -0.540. The molecule has 0 aromatic carbocycles. The molecule has 1 N–H and O–H groups in total. The van der Waals surface area contributed by atoms with Crippen LogP contribution in [0.2, 0.25) is 5.02 Å². The molecule has 1 unspecified atom stereocenters. The van der Waals surface area contributed by atoms with E-state index in [0.717, 1.165) is 29.3 Å². The van der Waals surface area contributed by atoms with Crippen LogP contribution in [-0.4, -0.2) is 21.5 Å². The molecule has 0 amide bonds. The van der Waals surface area contributed by atoms with Crippen LogP contribution in [0.5, 0.6) is 0 Å². The Bertz CT molecular complexity index is 412. The third-order valence-electron chi connectivity index (χ3n) is 4.00. The van der Waals surface area contributed by atoms with Crippen LogP contribution in [0.15, 0.2) is 0 Å². The van der Waals surface area contributed by atoms with Crippen molar-refractivity contribution >= 4 is 11.6 Å². The van der Waals surface area contributed by atoms with Crippen LogP contribution in [0.3, 0.4) is 0 Å². The second kappa shape index (κ2) is 4.62. The highest BCUT2D eigenvalue weighted by Gasteiger charge is 2.42. The first-order valence-electron chi connectivity index (χ1n) is 6.33. The summed E-state index contributed by atoms with van der Waals surface area (Å²) in [5.74, 6) is 0.642. The summed E-state index contributed by atoms with van der Waals surface area (Å²) in [6.07, 6.45) is 4.13. The van der Waals surface area contributed by atoms with E-state index >= 15 is 0 Å². The maximum Gasteiger partial charge on any atom is 0.0849 e. The van der Waals surface area contributed by atoms with Gasteiger partial charge in [-0.05, 0) is 37.0 Å². The number of aliphatic hydroxyl groups excluding tert-OH is 1. The molecule has 4 heteroatoms. The Kier molecular flexibility index (Phi) is 3.50. The summed E-state index contributed by atoms with van der Waals surface area (Å²) in [4.78, 5) is 0. The molecule has 1 aromatic heterocycles. The molecule has 1 heterocycles.